The predicted molar refractivity (Wildman–Crippen MR) is 49.3 cm³/mol. The summed E-state index contributed by atoms with van der Waals surface area (Å²) >= 11 is 0. The Kier molecular flexibility index (Phi) is 3.59. The summed E-state index contributed by atoms with van der Waals surface area (Å²) in [5, 5.41) is 0. The van der Waals surface area contributed by atoms with Crippen molar-refractivity contribution in [2.75, 3.05) is 0 Å². The molecule has 0 unspecified atom stereocenters. The molecule has 1 aromatic rings. The van der Waals surface area contributed by atoms with Crippen molar-refractivity contribution in [2.45, 2.75) is 18.8 Å². The number of rotatable bonds is 2. The van der Waals surface area contributed by atoms with Crippen LogP contribution in [0, 0.1) is 0 Å². The van der Waals surface area contributed by atoms with Gasteiger partial charge in [0.15, 0.2) is 0 Å². The predicted octanol–water partition coefficient (Wildman–Crippen LogP) is 2.75. The molecule has 0 atom stereocenters. The summed E-state index contributed by atoms with van der Waals surface area (Å²) < 4.78 is 75.4. The SMILES string of the molecule is NC(=O)Cc1cccc(C(F)(F)F)c1C(F)(F)F. The molecule has 0 radical (unpaired) electrons. The molecule has 0 saturated heterocycles. The van der Waals surface area contributed by atoms with Gasteiger partial charge in [-0.05, 0) is 11.6 Å². The Bertz CT molecular complexity index is 462. The highest BCUT2D eigenvalue weighted by molar-refractivity contribution is 5.77. The lowest BCUT2D eigenvalue weighted by molar-refractivity contribution is -0.162. The fraction of sp³-hybridized carbons (Fsp3) is 0.300. The zero-order valence-corrected chi connectivity index (χ0v) is 8.69. The molecule has 1 rings (SSSR count). The van der Waals surface area contributed by atoms with Crippen LogP contribution in [0.3, 0.4) is 0 Å². The third kappa shape index (κ3) is 3.14. The quantitative estimate of drug-likeness (QED) is 0.826. The van der Waals surface area contributed by atoms with Crippen LogP contribution in [0.5, 0.6) is 0 Å². The molecular weight excluding hydrogens is 264 g/mol. The Balaban J connectivity index is 3.50. The average molecular weight is 271 g/mol. The zero-order valence-electron chi connectivity index (χ0n) is 8.69. The minimum absolute atomic E-state index is 0.313. The highest BCUT2D eigenvalue weighted by Gasteiger charge is 2.44. The van der Waals surface area contributed by atoms with Crippen molar-refractivity contribution >= 4 is 5.91 Å². The van der Waals surface area contributed by atoms with Crippen LogP contribution in [-0.4, -0.2) is 5.91 Å². The Hall–Kier alpha value is -1.73. The first-order valence-electron chi connectivity index (χ1n) is 4.58. The lowest BCUT2D eigenvalue weighted by Gasteiger charge is -2.18. The summed E-state index contributed by atoms with van der Waals surface area (Å²) in [6, 6.07) is 1.91. The van der Waals surface area contributed by atoms with Crippen molar-refractivity contribution in [3.05, 3.63) is 34.9 Å². The van der Waals surface area contributed by atoms with Gasteiger partial charge in [-0.2, -0.15) is 26.3 Å². The molecule has 0 aromatic heterocycles. The van der Waals surface area contributed by atoms with E-state index in [1.54, 1.807) is 0 Å². The van der Waals surface area contributed by atoms with Gasteiger partial charge in [-0.3, -0.25) is 4.79 Å². The molecule has 1 amide bonds. The molecule has 2 nitrogen and oxygen atoms in total. The molecule has 0 aliphatic rings. The van der Waals surface area contributed by atoms with Crippen molar-refractivity contribution in [3.8, 4) is 0 Å². The van der Waals surface area contributed by atoms with Crippen LogP contribution < -0.4 is 5.73 Å². The first-order valence-corrected chi connectivity index (χ1v) is 4.58. The van der Waals surface area contributed by atoms with Gasteiger partial charge in [0.1, 0.15) is 0 Å². The first kappa shape index (κ1) is 14.3. The highest BCUT2D eigenvalue weighted by atomic mass is 19.4. The van der Waals surface area contributed by atoms with Gasteiger partial charge in [-0.1, -0.05) is 12.1 Å². The van der Waals surface area contributed by atoms with Gasteiger partial charge in [-0.25, -0.2) is 0 Å². The monoisotopic (exact) mass is 271 g/mol. The van der Waals surface area contributed by atoms with Crippen LogP contribution in [0.2, 0.25) is 0 Å². The molecule has 100 valence electrons. The topological polar surface area (TPSA) is 43.1 Å². The third-order valence-electron chi connectivity index (χ3n) is 2.10. The summed E-state index contributed by atoms with van der Waals surface area (Å²) in [5.41, 5.74) is 0.231. The van der Waals surface area contributed by atoms with E-state index in [0.717, 1.165) is 12.1 Å². The molecule has 0 heterocycles. The summed E-state index contributed by atoms with van der Waals surface area (Å²) in [6.45, 7) is 0. The molecule has 0 bridgehead atoms. The number of benzene rings is 1. The number of carbonyl (C=O) groups excluding carboxylic acids is 1. The van der Waals surface area contributed by atoms with Crippen LogP contribution in [0.1, 0.15) is 16.7 Å². The zero-order chi connectivity index (χ0) is 14.1. The third-order valence-corrected chi connectivity index (χ3v) is 2.10. The van der Waals surface area contributed by atoms with Gasteiger partial charge in [-0.15, -0.1) is 0 Å². The van der Waals surface area contributed by atoms with Crippen LogP contribution in [0.25, 0.3) is 0 Å². The largest absolute Gasteiger partial charge is 0.417 e. The van der Waals surface area contributed by atoms with E-state index in [1.807, 2.05) is 0 Å². The summed E-state index contributed by atoms with van der Waals surface area (Å²) in [6.07, 6.45) is -11.3. The van der Waals surface area contributed by atoms with Gasteiger partial charge >= 0.3 is 12.4 Å². The number of alkyl halides is 6. The van der Waals surface area contributed by atoms with E-state index >= 15 is 0 Å². The average Bonchev–Trinajstić information content (AvgIpc) is 2.13. The summed E-state index contributed by atoms with van der Waals surface area (Å²) in [5.74, 6) is -1.14. The van der Waals surface area contributed by atoms with E-state index in [1.165, 1.54) is 0 Å². The smallest absolute Gasteiger partial charge is 0.369 e. The lowest BCUT2D eigenvalue weighted by atomic mass is 9.97. The number of halogens is 6. The number of hydrogen-bond acceptors (Lipinski definition) is 1. The standard InChI is InChI=1S/C10H7F6NO/c11-9(12,13)6-3-1-2-5(4-7(17)18)8(6)10(14,15)16/h1-3H,4H2,(H2,17,18). The van der Waals surface area contributed by atoms with Crippen molar-refractivity contribution in [1.82, 2.24) is 0 Å². The van der Waals surface area contributed by atoms with E-state index in [2.05, 4.69) is 0 Å². The van der Waals surface area contributed by atoms with Gasteiger partial charge in [0.2, 0.25) is 5.91 Å². The molecule has 0 aliphatic carbocycles. The van der Waals surface area contributed by atoms with E-state index in [-0.39, 0.29) is 0 Å². The number of amides is 1. The minimum atomic E-state index is -5.21. The normalized spacial score (nSPS) is 12.6. The van der Waals surface area contributed by atoms with E-state index in [0.29, 0.717) is 6.07 Å². The molecule has 2 N–H and O–H groups in total. The number of hydrogen-bond donors (Lipinski definition) is 1. The van der Waals surface area contributed by atoms with Gasteiger partial charge in [0.05, 0.1) is 17.5 Å². The Morgan fingerprint density at radius 2 is 1.61 bits per heavy atom. The van der Waals surface area contributed by atoms with Crippen LogP contribution >= 0.6 is 0 Å². The number of nitrogens with two attached hydrogens (primary N) is 1. The van der Waals surface area contributed by atoms with E-state index in [4.69, 9.17) is 5.73 Å². The maximum absolute atomic E-state index is 12.6. The second kappa shape index (κ2) is 4.51. The first-order chi connectivity index (χ1) is 8.03. The number of carbonyl (C=O) groups is 1. The molecule has 0 spiro atoms. The van der Waals surface area contributed by atoms with Crippen molar-refractivity contribution in [2.24, 2.45) is 5.73 Å². The molecule has 18 heavy (non-hydrogen) atoms. The lowest BCUT2D eigenvalue weighted by Crippen LogP contribution is -2.22. The molecule has 1 aromatic carbocycles. The second-order valence-electron chi connectivity index (χ2n) is 3.48. The molecule has 0 aliphatic heterocycles. The van der Waals surface area contributed by atoms with Crippen molar-refractivity contribution in [1.29, 1.82) is 0 Å². The van der Waals surface area contributed by atoms with Crippen LogP contribution in [-0.2, 0) is 23.6 Å². The Morgan fingerprint density at radius 3 is 2.00 bits per heavy atom. The van der Waals surface area contributed by atoms with E-state index < -0.39 is 41.4 Å². The Labute approximate surface area is 97.4 Å². The van der Waals surface area contributed by atoms with E-state index in [9.17, 15) is 31.1 Å². The van der Waals surface area contributed by atoms with Crippen LogP contribution in [0.15, 0.2) is 18.2 Å². The van der Waals surface area contributed by atoms with Gasteiger partial charge in [0.25, 0.3) is 0 Å². The number of primary amides is 1. The molecule has 0 fully saturated rings. The van der Waals surface area contributed by atoms with Crippen molar-refractivity contribution < 1.29 is 31.1 Å². The summed E-state index contributed by atoms with van der Waals surface area (Å²) in [7, 11) is 0. The molecule has 0 saturated carbocycles. The fourth-order valence-corrected chi connectivity index (χ4v) is 1.51. The second-order valence-corrected chi connectivity index (χ2v) is 3.48. The fourth-order valence-electron chi connectivity index (χ4n) is 1.51. The van der Waals surface area contributed by atoms with Crippen LogP contribution in [0.4, 0.5) is 26.3 Å². The molecule has 8 heteroatoms. The van der Waals surface area contributed by atoms with Gasteiger partial charge < -0.3 is 5.73 Å². The molecular formula is C10H7F6NO. The summed E-state index contributed by atoms with van der Waals surface area (Å²) in [4.78, 5) is 10.6. The highest BCUT2D eigenvalue weighted by Crippen LogP contribution is 2.42. The Morgan fingerprint density at radius 1 is 1.06 bits per heavy atom. The van der Waals surface area contributed by atoms with Crippen molar-refractivity contribution in [3.63, 3.8) is 0 Å². The van der Waals surface area contributed by atoms with Gasteiger partial charge in [0, 0.05) is 0 Å². The minimum Gasteiger partial charge on any atom is -0.369 e. The maximum Gasteiger partial charge on any atom is 0.417 e. The maximum atomic E-state index is 12.6.